The monoisotopic (exact) mass is 337 g/mol. The van der Waals surface area contributed by atoms with Crippen molar-refractivity contribution in [3.8, 4) is 0 Å². The summed E-state index contributed by atoms with van der Waals surface area (Å²) in [6, 6.07) is 14.5. The van der Waals surface area contributed by atoms with Gasteiger partial charge in [0.15, 0.2) is 5.17 Å². The second-order valence-corrected chi connectivity index (χ2v) is 7.11. The molecule has 122 valence electrons. The van der Waals surface area contributed by atoms with Crippen LogP contribution < -0.4 is 0 Å². The van der Waals surface area contributed by atoms with Crippen LogP contribution in [-0.2, 0) is 11.3 Å². The maximum atomic E-state index is 12.3. The summed E-state index contributed by atoms with van der Waals surface area (Å²) in [4.78, 5) is 14.1. The van der Waals surface area contributed by atoms with Crippen molar-refractivity contribution in [2.75, 3.05) is 5.75 Å². The number of nitrogens with zero attached hydrogens (tertiary/aromatic N) is 3. The molecule has 1 saturated carbocycles. The number of rotatable bonds is 3. The molecule has 0 atom stereocenters. The van der Waals surface area contributed by atoms with Gasteiger partial charge < -0.3 is 0 Å². The van der Waals surface area contributed by atoms with Gasteiger partial charge in [0.25, 0.3) is 0 Å². The van der Waals surface area contributed by atoms with Gasteiger partial charge in [0, 0.05) is 5.71 Å². The normalized spacial score (nSPS) is 19.7. The Kier molecular flexibility index (Phi) is 4.34. The molecule has 5 heteroatoms. The van der Waals surface area contributed by atoms with Crippen LogP contribution in [0.4, 0.5) is 0 Å². The van der Waals surface area contributed by atoms with E-state index in [0.717, 1.165) is 29.3 Å². The first kappa shape index (κ1) is 15.4. The van der Waals surface area contributed by atoms with Gasteiger partial charge in [-0.05, 0) is 42.0 Å². The fourth-order valence-electron chi connectivity index (χ4n) is 3.22. The first-order valence-electron chi connectivity index (χ1n) is 8.34. The highest BCUT2D eigenvalue weighted by molar-refractivity contribution is 8.15. The number of hydrogen-bond donors (Lipinski definition) is 0. The van der Waals surface area contributed by atoms with E-state index in [0.29, 0.717) is 12.3 Å². The van der Waals surface area contributed by atoms with Crippen molar-refractivity contribution in [3.05, 3.63) is 48.0 Å². The summed E-state index contributed by atoms with van der Waals surface area (Å²) in [7, 11) is 0. The summed E-state index contributed by atoms with van der Waals surface area (Å²) in [6.45, 7) is 0.552. The van der Waals surface area contributed by atoms with Gasteiger partial charge in [-0.2, -0.15) is 5.10 Å². The van der Waals surface area contributed by atoms with Gasteiger partial charge in [-0.15, -0.1) is 5.10 Å². The largest absolute Gasteiger partial charge is 0.285 e. The first-order chi connectivity index (χ1) is 11.8. The average Bonchev–Trinajstić information content (AvgIpc) is 3.24. The van der Waals surface area contributed by atoms with Gasteiger partial charge in [0.1, 0.15) is 0 Å². The Morgan fingerprint density at radius 1 is 1.00 bits per heavy atom. The summed E-state index contributed by atoms with van der Waals surface area (Å²) in [5.74, 6) is 0.562. The van der Waals surface area contributed by atoms with E-state index in [4.69, 9.17) is 0 Å². The highest BCUT2D eigenvalue weighted by Gasteiger charge is 2.29. The predicted molar refractivity (Wildman–Crippen MR) is 100 cm³/mol. The Hall–Kier alpha value is -2.14. The lowest BCUT2D eigenvalue weighted by Crippen LogP contribution is -2.29. The maximum Gasteiger partial charge on any atom is 0.239 e. The predicted octanol–water partition coefficient (Wildman–Crippen LogP) is 4.20. The summed E-state index contributed by atoms with van der Waals surface area (Å²) in [5.41, 5.74) is 2.30. The van der Waals surface area contributed by atoms with E-state index in [-0.39, 0.29) is 5.91 Å². The molecule has 4 rings (SSSR count). The van der Waals surface area contributed by atoms with Crippen LogP contribution in [0.5, 0.6) is 0 Å². The number of thioether (sulfide) groups is 1. The quantitative estimate of drug-likeness (QED) is 0.788. The molecule has 0 aromatic heterocycles. The highest BCUT2D eigenvalue weighted by atomic mass is 32.2. The van der Waals surface area contributed by atoms with Crippen LogP contribution in [-0.4, -0.2) is 27.4 Å². The van der Waals surface area contributed by atoms with E-state index in [2.05, 4.69) is 34.5 Å². The third-order valence-electron chi connectivity index (χ3n) is 4.52. The van der Waals surface area contributed by atoms with Crippen molar-refractivity contribution in [1.29, 1.82) is 0 Å². The fraction of sp³-hybridized carbons (Fsp3) is 0.316. The molecule has 2 aromatic carbocycles. The molecule has 1 aliphatic carbocycles. The minimum Gasteiger partial charge on any atom is -0.285 e. The molecule has 0 spiro atoms. The number of hydrogen-bond acceptors (Lipinski definition) is 4. The maximum absolute atomic E-state index is 12.3. The third kappa shape index (κ3) is 3.08. The standard InChI is InChI=1S/C19H19N3OS/c23-18-13-24-19(21-20-16-9-2-3-10-16)22(18)12-15-8-5-7-14-6-1-4-11-17(14)15/h1,4-8,11H,2-3,9-10,12-13H2/b21-19-. The minimum absolute atomic E-state index is 0.110. The lowest BCUT2D eigenvalue weighted by atomic mass is 10.0. The summed E-state index contributed by atoms with van der Waals surface area (Å²) < 4.78 is 0. The van der Waals surface area contributed by atoms with Crippen molar-refractivity contribution < 1.29 is 4.79 Å². The minimum atomic E-state index is 0.110. The number of benzene rings is 2. The van der Waals surface area contributed by atoms with Crippen LogP contribution in [0.2, 0.25) is 0 Å². The van der Waals surface area contributed by atoms with Gasteiger partial charge in [0.2, 0.25) is 5.91 Å². The fourth-order valence-corrected chi connectivity index (χ4v) is 4.05. The van der Waals surface area contributed by atoms with Crippen molar-refractivity contribution in [2.45, 2.75) is 32.2 Å². The Morgan fingerprint density at radius 2 is 1.79 bits per heavy atom. The zero-order valence-electron chi connectivity index (χ0n) is 13.4. The number of carbonyl (C=O) groups is 1. The van der Waals surface area contributed by atoms with Crippen LogP contribution >= 0.6 is 11.8 Å². The molecule has 1 saturated heterocycles. The van der Waals surface area contributed by atoms with E-state index in [1.807, 2.05) is 18.2 Å². The number of amidine groups is 1. The lowest BCUT2D eigenvalue weighted by molar-refractivity contribution is -0.124. The molecular weight excluding hydrogens is 318 g/mol. The zero-order chi connectivity index (χ0) is 16.4. The molecule has 0 unspecified atom stereocenters. The Balaban J connectivity index is 1.62. The first-order valence-corrected chi connectivity index (χ1v) is 9.33. The van der Waals surface area contributed by atoms with Crippen molar-refractivity contribution in [3.63, 3.8) is 0 Å². The van der Waals surface area contributed by atoms with Crippen molar-refractivity contribution in [1.82, 2.24) is 4.90 Å². The molecule has 1 heterocycles. The SMILES string of the molecule is O=C1CS/C(=N\N=C2CCCC2)N1Cc1cccc2ccccc12. The van der Waals surface area contributed by atoms with Crippen LogP contribution in [0.15, 0.2) is 52.7 Å². The molecule has 0 bridgehead atoms. The third-order valence-corrected chi connectivity index (χ3v) is 5.47. The number of fused-ring (bicyclic) bond motifs is 1. The summed E-state index contributed by atoms with van der Waals surface area (Å²) in [5, 5.41) is 11.9. The average molecular weight is 337 g/mol. The topological polar surface area (TPSA) is 45.0 Å². The summed E-state index contributed by atoms with van der Waals surface area (Å²) >= 11 is 1.49. The van der Waals surface area contributed by atoms with Gasteiger partial charge in [-0.3, -0.25) is 9.69 Å². The van der Waals surface area contributed by atoms with E-state index in [1.54, 1.807) is 4.90 Å². The summed E-state index contributed by atoms with van der Waals surface area (Å²) in [6.07, 6.45) is 4.49. The molecule has 1 aliphatic heterocycles. The molecule has 2 aliphatic rings. The Morgan fingerprint density at radius 3 is 2.67 bits per heavy atom. The van der Waals surface area contributed by atoms with E-state index in [1.165, 1.54) is 35.4 Å². The Labute approximate surface area is 145 Å². The van der Waals surface area contributed by atoms with Crippen LogP contribution in [0, 0.1) is 0 Å². The smallest absolute Gasteiger partial charge is 0.239 e. The van der Waals surface area contributed by atoms with Crippen molar-refractivity contribution >= 4 is 39.3 Å². The van der Waals surface area contributed by atoms with E-state index in [9.17, 15) is 4.79 Å². The molecule has 2 aromatic rings. The Bertz CT molecular complexity index is 830. The van der Waals surface area contributed by atoms with Crippen LogP contribution in [0.3, 0.4) is 0 Å². The number of amides is 1. The van der Waals surface area contributed by atoms with E-state index < -0.39 is 0 Å². The molecule has 0 N–H and O–H groups in total. The molecule has 24 heavy (non-hydrogen) atoms. The zero-order valence-corrected chi connectivity index (χ0v) is 14.3. The van der Waals surface area contributed by atoms with Crippen molar-refractivity contribution in [2.24, 2.45) is 10.2 Å². The second-order valence-electron chi connectivity index (χ2n) is 6.16. The van der Waals surface area contributed by atoms with Crippen LogP contribution in [0.25, 0.3) is 10.8 Å². The molecular formula is C19H19N3OS. The highest BCUT2D eigenvalue weighted by Crippen LogP contribution is 2.26. The van der Waals surface area contributed by atoms with Gasteiger partial charge in [-0.25, -0.2) is 0 Å². The lowest BCUT2D eigenvalue weighted by Gasteiger charge is -2.16. The molecule has 1 amide bonds. The number of carbonyl (C=O) groups excluding carboxylic acids is 1. The van der Waals surface area contributed by atoms with Gasteiger partial charge >= 0.3 is 0 Å². The van der Waals surface area contributed by atoms with E-state index >= 15 is 0 Å². The van der Waals surface area contributed by atoms with Gasteiger partial charge in [-0.1, -0.05) is 54.2 Å². The van der Waals surface area contributed by atoms with Gasteiger partial charge in [0.05, 0.1) is 12.3 Å². The second kappa shape index (κ2) is 6.77. The molecule has 2 fully saturated rings. The van der Waals surface area contributed by atoms with Crippen LogP contribution in [0.1, 0.15) is 31.2 Å². The molecule has 4 nitrogen and oxygen atoms in total. The molecule has 0 radical (unpaired) electrons.